The highest BCUT2D eigenvalue weighted by Gasteiger charge is 1.34. The van der Waals surface area contributed by atoms with Gasteiger partial charge in [0.2, 0.25) is 0 Å². The van der Waals surface area contributed by atoms with E-state index < -0.39 is 0 Å². The van der Waals surface area contributed by atoms with Gasteiger partial charge < -0.3 is 0 Å². The van der Waals surface area contributed by atoms with Crippen LogP contribution in [-0.2, 0) is 11.3 Å². The maximum absolute atomic E-state index is 9.10. The first kappa shape index (κ1) is 3.89. The molecule has 1 radical (unpaired) electrons. The van der Waals surface area contributed by atoms with E-state index in [0.29, 0.717) is 11.3 Å². The fourth-order valence-electron chi connectivity index (χ4n) is 0. The summed E-state index contributed by atoms with van der Waals surface area (Å²) in [5.41, 5.74) is 0. The van der Waals surface area contributed by atoms with Crippen LogP contribution in [0.5, 0.6) is 0 Å². The highest BCUT2D eigenvalue weighted by atomic mass is 32.1. The summed E-state index contributed by atoms with van der Waals surface area (Å²) in [6, 6.07) is 0. The molecule has 0 aliphatic rings. The molecular weight excluding hydrogens is 72.1 g/mol. The maximum atomic E-state index is 9.10. The average molecular weight is 75.1 g/mol. The summed E-state index contributed by atoms with van der Waals surface area (Å²) >= 11 is 0.356. The van der Waals surface area contributed by atoms with Crippen molar-refractivity contribution < 1.29 is 4.21 Å². The van der Waals surface area contributed by atoms with Gasteiger partial charge >= 0.3 is 0 Å². The van der Waals surface area contributed by atoms with Crippen LogP contribution in [0.15, 0.2) is 0 Å². The summed E-state index contributed by atoms with van der Waals surface area (Å²) in [7, 11) is 0. The Morgan fingerprint density at radius 1 is 2.00 bits per heavy atom. The molecule has 0 aromatic heterocycles. The first-order valence-electron chi connectivity index (χ1n) is 0.871. The molecule has 0 fully saturated rings. The molecule has 0 amide bonds. The third-order valence-corrected chi connectivity index (χ3v) is 0.250. The van der Waals surface area contributed by atoms with Gasteiger partial charge in [-0.2, -0.15) is 0 Å². The maximum Gasteiger partial charge on any atom is 0.0929 e. The summed E-state index contributed by atoms with van der Waals surface area (Å²) in [5.74, 6) is 0. The number of hydrogen-bond acceptors (Lipinski definition) is 1. The van der Waals surface area contributed by atoms with Gasteiger partial charge in [0.1, 0.15) is 0 Å². The molecule has 0 aromatic rings. The van der Waals surface area contributed by atoms with Gasteiger partial charge in [0.05, 0.1) is 16.6 Å². The SMILES string of the molecule is C[C]=S=O. The van der Waals surface area contributed by atoms with Crippen LogP contribution in [0.25, 0.3) is 0 Å². The zero-order chi connectivity index (χ0) is 3.41. The zero-order valence-corrected chi connectivity index (χ0v) is 3.13. The second-order valence-corrected chi connectivity index (χ2v) is 0.862. The Bertz CT molecular complexity index is 44.0. The van der Waals surface area contributed by atoms with Crippen molar-refractivity contribution in [2.45, 2.75) is 6.92 Å². The molecule has 0 aliphatic carbocycles. The predicted octanol–water partition coefficient (Wildman–Crippen LogP) is -0.101. The summed E-state index contributed by atoms with van der Waals surface area (Å²) in [4.78, 5) is 0. The van der Waals surface area contributed by atoms with E-state index in [1.54, 1.807) is 6.92 Å². The smallest absolute Gasteiger partial charge is 0.0929 e. The fourth-order valence-corrected chi connectivity index (χ4v) is 0. The molecule has 1 nitrogen and oxygen atoms in total. The van der Waals surface area contributed by atoms with Gasteiger partial charge in [0.15, 0.2) is 0 Å². The van der Waals surface area contributed by atoms with Crippen molar-refractivity contribution in [1.29, 1.82) is 0 Å². The van der Waals surface area contributed by atoms with Crippen LogP contribution in [-0.4, -0.2) is 9.58 Å². The minimum absolute atomic E-state index is 0.356. The molecule has 0 bridgehead atoms. The minimum Gasteiger partial charge on any atom is -0.212 e. The molecular formula is C2H3OS. The molecule has 0 rings (SSSR count). The lowest BCUT2D eigenvalue weighted by atomic mass is 11.0. The molecule has 0 atom stereocenters. The Morgan fingerprint density at radius 2 is 2.25 bits per heavy atom. The number of hydrogen-bond donors (Lipinski definition) is 0. The largest absolute Gasteiger partial charge is 0.212 e. The zero-order valence-electron chi connectivity index (χ0n) is 2.32. The lowest BCUT2D eigenvalue weighted by molar-refractivity contribution is 0.701. The van der Waals surface area contributed by atoms with Crippen LogP contribution in [0.2, 0.25) is 0 Å². The fraction of sp³-hybridized carbons (Fsp3) is 0.500. The molecule has 0 aliphatic heterocycles. The second-order valence-electron chi connectivity index (χ2n) is 0.287. The molecule has 0 saturated carbocycles. The van der Waals surface area contributed by atoms with E-state index in [4.69, 9.17) is 4.21 Å². The minimum atomic E-state index is 0.356. The lowest BCUT2D eigenvalue weighted by Gasteiger charge is -1.28. The van der Waals surface area contributed by atoms with Gasteiger partial charge in [-0.25, -0.2) is 4.21 Å². The molecule has 0 saturated heterocycles. The van der Waals surface area contributed by atoms with E-state index in [0.717, 1.165) is 0 Å². The Morgan fingerprint density at radius 3 is 2.25 bits per heavy atom. The normalized spacial score (nSPS) is 5.25. The van der Waals surface area contributed by atoms with Gasteiger partial charge in [0, 0.05) is 0 Å². The molecule has 0 N–H and O–H groups in total. The highest BCUT2D eigenvalue weighted by molar-refractivity contribution is 7.64. The molecule has 4 heavy (non-hydrogen) atoms. The van der Waals surface area contributed by atoms with Crippen LogP contribution in [0.3, 0.4) is 0 Å². The van der Waals surface area contributed by atoms with Crippen LogP contribution >= 0.6 is 0 Å². The Balaban J connectivity index is 3.11. The van der Waals surface area contributed by atoms with Gasteiger partial charge in [-0.1, -0.05) is 0 Å². The van der Waals surface area contributed by atoms with Gasteiger partial charge in [-0.05, 0) is 6.92 Å². The van der Waals surface area contributed by atoms with Crippen molar-refractivity contribution in [3.8, 4) is 0 Å². The van der Waals surface area contributed by atoms with E-state index in [2.05, 4.69) is 5.37 Å². The van der Waals surface area contributed by atoms with E-state index in [1.165, 1.54) is 0 Å². The van der Waals surface area contributed by atoms with E-state index in [1.807, 2.05) is 0 Å². The topological polar surface area (TPSA) is 17.1 Å². The summed E-state index contributed by atoms with van der Waals surface area (Å²) in [5, 5.41) is 2.29. The molecule has 0 unspecified atom stereocenters. The molecule has 0 spiro atoms. The molecule has 0 aromatic carbocycles. The second kappa shape index (κ2) is 2.89. The highest BCUT2D eigenvalue weighted by Crippen LogP contribution is 1.22. The Kier molecular flexibility index (Phi) is 2.81. The Labute approximate surface area is 28.7 Å². The van der Waals surface area contributed by atoms with Crippen LogP contribution in [0, 0.1) is 0 Å². The van der Waals surface area contributed by atoms with Gasteiger partial charge in [-0.15, -0.1) is 0 Å². The summed E-state index contributed by atoms with van der Waals surface area (Å²) < 4.78 is 9.10. The standard InChI is InChI=1S/C2H3OS/c1-2-4-3/h1H3. The molecule has 23 valence electrons. The monoisotopic (exact) mass is 75.0 g/mol. The van der Waals surface area contributed by atoms with Crippen molar-refractivity contribution in [2.24, 2.45) is 0 Å². The summed E-state index contributed by atoms with van der Waals surface area (Å²) in [6.07, 6.45) is 0. The average Bonchev–Trinajstić information content (AvgIpc) is 1.37. The van der Waals surface area contributed by atoms with E-state index in [9.17, 15) is 0 Å². The van der Waals surface area contributed by atoms with E-state index in [-0.39, 0.29) is 0 Å². The third-order valence-electron chi connectivity index (χ3n) is 0.0833. The van der Waals surface area contributed by atoms with Crippen LogP contribution < -0.4 is 0 Å². The third kappa shape index (κ3) is 1.89. The van der Waals surface area contributed by atoms with Crippen molar-refractivity contribution >= 4 is 16.6 Å². The van der Waals surface area contributed by atoms with Crippen molar-refractivity contribution in [2.75, 3.05) is 0 Å². The number of rotatable bonds is 0. The molecule has 2 heteroatoms. The Hall–Kier alpha value is -0.110. The van der Waals surface area contributed by atoms with Crippen molar-refractivity contribution in [3.05, 3.63) is 0 Å². The molecule has 0 heterocycles. The first-order chi connectivity index (χ1) is 1.91. The lowest BCUT2D eigenvalue weighted by Crippen LogP contribution is -1.43. The predicted molar refractivity (Wildman–Crippen MR) is 18.8 cm³/mol. The van der Waals surface area contributed by atoms with Crippen molar-refractivity contribution in [3.63, 3.8) is 0 Å². The quantitative estimate of drug-likeness (QED) is 0.367. The van der Waals surface area contributed by atoms with Crippen molar-refractivity contribution in [1.82, 2.24) is 0 Å². The first-order valence-corrected chi connectivity index (χ1v) is 1.61. The van der Waals surface area contributed by atoms with E-state index >= 15 is 0 Å². The van der Waals surface area contributed by atoms with Gasteiger partial charge in [0.25, 0.3) is 0 Å². The van der Waals surface area contributed by atoms with Gasteiger partial charge in [-0.3, -0.25) is 0 Å². The van der Waals surface area contributed by atoms with Crippen LogP contribution in [0.1, 0.15) is 6.92 Å². The summed E-state index contributed by atoms with van der Waals surface area (Å²) in [6.45, 7) is 1.58. The van der Waals surface area contributed by atoms with Crippen LogP contribution in [0.4, 0.5) is 0 Å².